The lowest BCUT2D eigenvalue weighted by Gasteiger charge is -2.20. The van der Waals surface area contributed by atoms with Crippen LogP contribution in [0.5, 0.6) is 0 Å². The van der Waals surface area contributed by atoms with Crippen molar-refractivity contribution >= 4 is 23.3 Å². The van der Waals surface area contributed by atoms with Crippen molar-refractivity contribution in [1.29, 1.82) is 0 Å². The van der Waals surface area contributed by atoms with Gasteiger partial charge in [-0.1, -0.05) is 0 Å². The molecule has 0 bridgehead atoms. The summed E-state index contributed by atoms with van der Waals surface area (Å²) in [6.45, 7) is 5.38. The number of imide groups is 1. The third-order valence-corrected chi connectivity index (χ3v) is 3.91. The third-order valence-electron chi connectivity index (χ3n) is 3.18. The molecular formula is C13H19N3O2S. The molecule has 0 radical (unpaired) electrons. The SMILES string of the molecule is CN(CCN1C(=O)NC(C)(C)C1=O)Cc1ccsc1. The lowest BCUT2D eigenvalue weighted by Crippen LogP contribution is -2.41. The Balaban J connectivity index is 1.85. The average molecular weight is 281 g/mol. The number of rotatable bonds is 5. The first-order chi connectivity index (χ1) is 8.90. The van der Waals surface area contributed by atoms with Gasteiger partial charge in [-0.25, -0.2) is 4.79 Å². The topological polar surface area (TPSA) is 52.6 Å². The Morgan fingerprint density at radius 3 is 2.68 bits per heavy atom. The predicted octanol–water partition coefficient (Wildman–Crippen LogP) is 1.51. The van der Waals surface area contributed by atoms with Crippen LogP contribution in [-0.4, -0.2) is 47.4 Å². The van der Waals surface area contributed by atoms with Crippen LogP contribution in [0.15, 0.2) is 16.8 Å². The maximum atomic E-state index is 12.0. The van der Waals surface area contributed by atoms with Gasteiger partial charge in [-0.15, -0.1) is 0 Å². The molecule has 1 aliphatic heterocycles. The molecule has 0 aromatic carbocycles. The molecule has 104 valence electrons. The third kappa shape index (κ3) is 3.13. The van der Waals surface area contributed by atoms with E-state index in [9.17, 15) is 9.59 Å². The van der Waals surface area contributed by atoms with Crippen molar-refractivity contribution in [3.05, 3.63) is 22.4 Å². The summed E-state index contributed by atoms with van der Waals surface area (Å²) < 4.78 is 0. The molecule has 0 aliphatic carbocycles. The fourth-order valence-corrected chi connectivity index (χ4v) is 2.72. The standard InChI is InChI=1S/C13H19N3O2S/c1-13(2)11(17)16(12(18)14-13)6-5-15(3)8-10-4-7-19-9-10/h4,7,9H,5-6,8H2,1-3H3,(H,14,18). The Morgan fingerprint density at radius 2 is 2.16 bits per heavy atom. The van der Waals surface area contributed by atoms with Crippen molar-refractivity contribution in [2.75, 3.05) is 20.1 Å². The molecule has 6 heteroatoms. The lowest BCUT2D eigenvalue weighted by atomic mass is 10.1. The minimum atomic E-state index is -0.775. The number of urea groups is 1. The molecule has 1 N–H and O–H groups in total. The average Bonchev–Trinajstić information content (AvgIpc) is 2.86. The number of hydrogen-bond acceptors (Lipinski definition) is 4. The highest BCUT2D eigenvalue weighted by atomic mass is 32.1. The fraction of sp³-hybridized carbons (Fsp3) is 0.538. The lowest BCUT2D eigenvalue weighted by molar-refractivity contribution is -0.130. The summed E-state index contributed by atoms with van der Waals surface area (Å²) in [6, 6.07) is 1.79. The Hall–Kier alpha value is -1.40. The van der Waals surface area contributed by atoms with Crippen LogP contribution < -0.4 is 5.32 Å². The van der Waals surface area contributed by atoms with Gasteiger partial charge in [0.25, 0.3) is 5.91 Å². The van der Waals surface area contributed by atoms with Gasteiger partial charge in [0.15, 0.2) is 0 Å². The van der Waals surface area contributed by atoms with Crippen LogP contribution in [0.25, 0.3) is 0 Å². The van der Waals surface area contributed by atoms with E-state index in [2.05, 4.69) is 21.7 Å². The van der Waals surface area contributed by atoms with Gasteiger partial charge in [-0.05, 0) is 43.3 Å². The Morgan fingerprint density at radius 1 is 1.42 bits per heavy atom. The first kappa shape index (κ1) is 14.0. The van der Waals surface area contributed by atoms with Crippen molar-refractivity contribution < 1.29 is 9.59 Å². The number of nitrogens with zero attached hydrogens (tertiary/aromatic N) is 2. The molecule has 1 aliphatic rings. The molecule has 1 fully saturated rings. The molecule has 5 nitrogen and oxygen atoms in total. The largest absolute Gasteiger partial charge is 0.325 e. The van der Waals surface area contributed by atoms with Gasteiger partial charge in [0.2, 0.25) is 0 Å². The molecule has 2 heterocycles. The van der Waals surface area contributed by atoms with Crippen molar-refractivity contribution in [1.82, 2.24) is 15.1 Å². The summed E-state index contributed by atoms with van der Waals surface area (Å²) in [4.78, 5) is 27.1. The molecule has 1 aromatic rings. The van der Waals surface area contributed by atoms with E-state index in [0.29, 0.717) is 13.1 Å². The molecule has 0 unspecified atom stereocenters. The summed E-state index contributed by atoms with van der Waals surface area (Å²) >= 11 is 1.67. The number of nitrogens with one attached hydrogen (secondary N) is 1. The minimum Gasteiger partial charge on any atom is -0.324 e. The van der Waals surface area contributed by atoms with Gasteiger partial charge in [-0.2, -0.15) is 11.3 Å². The second kappa shape index (κ2) is 5.30. The maximum Gasteiger partial charge on any atom is 0.325 e. The summed E-state index contributed by atoms with van der Waals surface area (Å²) in [6.07, 6.45) is 0. The molecule has 19 heavy (non-hydrogen) atoms. The van der Waals surface area contributed by atoms with Gasteiger partial charge < -0.3 is 10.2 Å². The van der Waals surface area contributed by atoms with Gasteiger partial charge in [-0.3, -0.25) is 9.69 Å². The molecule has 1 aromatic heterocycles. The van der Waals surface area contributed by atoms with E-state index >= 15 is 0 Å². The van der Waals surface area contributed by atoms with Crippen molar-refractivity contribution in [2.45, 2.75) is 25.9 Å². The quantitative estimate of drug-likeness (QED) is 0.832. The first-order valence-corrected chi connectivity index (χ1v) is 7.18. The highest BCUT2D eigenvalue weighted by Gasteiger charge is 2.43. The fourth-order valence-electron chi connectivity index (χ4n) is 2.07. The highest BCUT2D eigenvalue weighted by Crippen LogP contribution is 2.16. The van der Waals surface area contributed by atoms with Crippen LogP contribution in [0.3, 0.4) is 0 Å². The molecule has 3 amide bonds. The van der Waals surface area contributed by atoms with Gasteiger partial charge in [0.05, 0.1) is 0 Å². The van der Waals surface area contributed by atoms with E-state index in [4.69, 9.17) is 0 Å². The first-order valence-electron chi connectivity index (χ1n) is 6.24. The van der Waals surface area contributed by atoms with Gasteiger partial charge in [0.1, 0.15) is 5.54 Å². The van der Waals surface area contributed by atoms with Gasteiger partial charge in [0, 0.05) is 19.6 Å². The second-order valence-electron chi connectivity index (χ2n) is 5.38. The number of thiophene rings is 1. The zero-order chi connectivity index (χ0) is 14.0. The van der Waals surface area contributed by atoms with Crippen LogP contribution in [-0.2, 0) is 11.3 Å². The van der Waals surface area contributed by atoms with E-state index < -0.39 is 5.54 Å². The number of amides is 3. The molecule has 0 saturated carbocycles. The zero-order valence-electron chi connectivity index (χ0n) is 11.5. The summed E-state index contributed by atoms with van der Waals surface area (Å²) in [5.74, 6) is -0.151. The van der Waals surface area contributed by atoms with Crippen molar-refractivity contribution in [3.8, 4) is 0 Å². The summed E-state index contributed by atoms with van der Waals surface area (Å²) in [5.41, 5.74) is 0.480. The van der Waals surface area contributed by atoms with Crippen LogP contribution in [0.1, 0.15) is 19.4 Å². The van der Waals surface area contributed by atoms with E-state index in [-0.39, 0.29) is 11.9 Å². The van der Waals surface area contributed by atoms with Crippen LogP contribution >= 0.6 is 11.3 Å². The smallest absolute Gasteiger partial charge is 0.324 e. The van der Waals surface area contributed by atoms with Crippen LogP contribution in [0, 0.1) is 0 Å². The maximum absolute atomic E-state index is 12.0. The van der Waals surface area contributed by atoms with E-state index in [1.165, 1.54) is 10.5 Å². The molecular weight excluding hydrogens is 262 g/mol. The van der Waals surface area contributed by atoms with Gasteiger partial charge >= 0.3 is 6.03 Å². The monoisotopic (exact) mass is 281 g/mol. The van der Waals surface area contributed by atoms with E-state index in [1.807, 2.05) is 12.4 Å². The molecule has 0 spiro atoms. The summed E-state index contributed by atoms with van der Waals surface area (Å²) in [7, 11) is 1.99. The Labute approximate surface area is 117 Å². The van der Waals surface area contributed by atoms with Crippen molar-refractivity contribution in [3.63, 3.8) is 0 Å². The van der Waals surface area contributed by atoms with Crippen molar-refractivity contribution in [2.24, 2.45) is 0 Å². The second-order valence-corrected chi connectivity index (χ2v) is 6.16. The Kier molecular flexibility index (Phi) is 3.91. The number of likely N-dealkylation sites (N-methyl/N-ethyl adjacent to an activating group) is 1. The Bertz CT molecular complexity index is 470. The zero-order valence-corrected chi connectivity index (χ0v) is 12.3. The number of hydrogen-bond donors (Lipinski definition) is 1. The molecule has 0 atom stereocenters. The summed E-state index contributed by atoms with van der Waals surface area (Å²) in [5, 5.41) is 6.83. The highest BCUT2D eigenvalue weighted by molar-refractivity contribution is 7.07. The van der Waals surface area contributed by atoms with Crippen LogP contribution in [0.2, 0.25) is 0 Å². The number of carbonyl (C=O) groups is 2. The normalized spacial score (nSPS) is 18.2. The minimum absolute atomic E-state index is 0.151. The van der Waals surface area contributed by atoms with Crippen LogP contribution in [0.4, 0.5) is 4.79 Å². The van der Waals surface area contributed by atoms with E-state index in [0.717, 1.165) is 6.54 Å². The number of carbonyl (C=O) groups excluding carboxylic acids is 2. The van der Waals surface area contributed by atoms with E-state index in [1.54, 1.807) is 25.2 Å². The predicted molar refractivity (Wildman–Crippen MR) is 75.0 cm³/mol. The molecule has 1 saturated heterocycles. The molecule has 2 rings (SSSR count).